The molecule has 4 nitrogen and oxygen atoms in total. The highest BCUT2D eigenvalue weighted by atomic mass is 16.7. The van der Waals surface area contributed by atoms with E-state index in [4.69, 9.17) is 9.47 Å². The van der Waals surface area contributed by atoms with Gasteiger partial charge < -0.3 is 14.8 Å². The predicted molar refractivity (Wildman–Crippen MR) is 80.6 cm³/mol. The fourth-order valence-electron chi connectivity index (χ4n) is 2.33. The second kappa shape index (κ2) is 7.33. The number of hydrogen-bond acceptors (Lipinski definition) is 4. The standard InChI is InChI=1S/C16H22N2O2/c1-4-9-18-15(16(19-2)20-3)13-7-8-14-12(11-13)6-5-10-17-14/h5-8,10-11,15-16,18H,4,9H2,1-3H3. The summed E-state index contributed by atoms with van der Waals surface area (Å²) in [4.78, 5) is 4.35. The van der Waals surface area contributed by atoms with E-state index < -0.39 is 0 Å². The van der Waals surface area contributed by atoms with Crippen molar-refractivity contribution >= 4 is 10.9 Å². The van der Waals surface area contributed by atoms with Crippen molar-refractivity contribution in [1.82, 2.24) is 10.3 Å². The van der Waals surface area contributed by atoms with Gasteiger partial charge in [-0.3, -0.25) is 4.98 Å². The van der Waals surface area contributed by atoms with Gasteiger partial charge in [0.15, 0.2) is 6.29 Å². The van der Waals surface area contributed by atoms with Gasteiger partial charge in [-0.25, -0.2) is 0 Å². The van der Waals surface area contributed by atoms with E-state index in [1.807, 2.05) is 18.3 Å². The van der Waals surface area contributed by atoms with E-state index in [2.05, 4.69) is 35.4 Å². The van der Waals surface area contributed by atoms with Crippen LogP contribution in [0.4, 0.5) is 0 Å². The monoisotopic (exact) mass is 274 g/mol. The predicted octanol–water partition coefficient (Wildman–Crippen LogP) is 2.89. The summed E-state index contributed by atoms with van der Waals surface area (Å²) in [5.41, 5.74) is 2.14. The van der Waals surface area contributed by atoms with Crippen molar-refractivity contribution in [1.29, 1.82) is 0 Å². The molecule has 1 unspecified atom stereocenters. The summed E-state index contributed by atoms with van der Waals surface area (Å²) >= 11 is 0. The lowest BCUT2D eigenvalue weighted by atomic mass is 10.0. The average Bonchev–Trinajstić information content (AvgIpc) is 2.51. The lowest BCUT2D eigenvalue weighted by Crippen LogP contribution is -2.35. The van der Waals surface area contributed by atoms with Crippen molar-refractivity contribution in [3.8, 4) is 0 Å². The number of pyridine rings is 1. The average molecular weight is 274 g/mol. The van der Waals surface area contributed by atoms with Gasteiger partial charge in [-0.15, -0.1) is 0 Å². The van der Waals surface area contributed by atoms with E-state index in [9.17, 15) is 0 Å². The molecule has 2 rings (SSSR count). The lowest BCUT2D eigenvalue weighted by Gasteiger charge is -2.26. The van der Waals surface area contributed by atoms with Gasteiger partial charge in [0.2, 0.25) is 0 Å². The minimum atomic E-state index is -0.310. The second-order valence-electron chi connectivity index (χ2n) is 4.73. The van der Waals surface area contributed by atoms with Gasteiger partial charge in [0.05, 0.1) is 11.6 Å². The Bertz CT molecular complexity index is 541. The van der Waals surface area contributed by atoms with E-state index in [1.165, 1.54) is 0 Å². The summed E-state index contributed by atoms with van der Waals surface area (Å²) in [7, 11) is 3.33. The van der Waals surface area contributed by atoms with E-state index in [0.29, 0.717) is 0 Å². The zero-order chi connectivity index (χ0) is 14.4. The van der Waals surface area contributed by atoms with Crippen LogP contribution in [0.3, 0.4) is 0 Å². The number of rotatable bonds is 7. The Morgan fingerprint density at radius 2 is 2.00 bits per heavy atom. The lowest BCUT2D eigenvalue weighted by molar-refractivity contribution is -0.124. The van der Waals surface area contributed by atoms with Gasteiger partial charge in [-0.1, -0.05) is 19.1 Å². The van der Waals surface area contributed by atoms with Crippen molar-refractivity contribution < 1.29 is 9.47 Å². The summed E-state index contributed by atoms with van der Waals surface area (Å²) < 4.78 is 10.8. The molecule has 0 radical (unpaired) electrons. The molecule has 0 amide bonds. The van der Waals surface area contributed by atoms with Gasteiger partial charge in [-0.05, 0) is 36.7 Å². The molecule has 0 saturated heterocycles. The quantitative estimate of drug-likeness (QED) is 0.788. The van der Waals surface area contributed by atoms with Crippen molar-refractivity contribution in [3.05, 3.63) is 42.1 Å². The summed E-state index contributed by atoms with van der Waals surface area (Å²) in [5, 5.41) is 4.61. The summed E-state index contributed by atoms with van der Waals surface area (Å²) in [6.07, 6.45) is 2.56. The Morgan fingerprint density at radius 1 is 1.20 bits per heavy atom. The number of hydrogen-bond donors (Lipinski definition) is 1. The third kappa shape index (κ3) is 3.33. The first-order valence-corrected chi connectivity index (χ1v) is 6.93. The minimum Gasteiger partial charge on any atom is -0.354 e. The summed E-state index contributed by atoms with van der Waals surface area (Å²) in [6, 6.07) is 10.3. The highest BCUT2D eigenvalue weighted by Crippen LogP contribution is 2.23. The third-order valence-corrected chi connectivity index (χ3v) is 3.34. The van der Waals surface area contributed by atoms with Crippen LogP contribution in [0.25, 0.3) is 10.9 Å². The molecule has 1 heterocycles. The zero-order valence-corrected chi connectivity index (χ0v) is 12.3. The molecule has 4 heteroatoms. The van der Waals surface area contributed by atoms with Crippen LogP contribution >= 0.6 is 0 Å². The molecular weight excluding hydrogens is 252 g/mol. The minimum absolute atomic E-state index is 0.00885. The van der Waals surface area contributed by atoms with Crippen LogP contribution in [-0.4, -0.2) is 32.0 Å². The van der Waals surface area contributed by atoms with Crippen molar-refractivity contribution in [3.63, 3.8) is 0 Å². The largest absolute Gasteiger partial charge is 0.354 e. The van der Waals surface area contributed by atoms with Gasteiger partial charge in [-0.2, -0.15) is 0 Å². The number of ether oxygens (including phenoxy) is 2. The zero-order valence-electron chi connectivity index (χ0n) is 12.3. The molecule has 1 N–H and O–H groups in total. The van der Waals surface area contributed by atoms with E-state index >= 15 is 0 Å². The first-order valence-electron chi connectivity index (χ1n) is 6.93. The molecule has 1 atom stereocenters. The number of methoxy groups -OCH3 is 2. The highest BCUT2D eigenvalue weighted by Gasteiger charge is 2.22. The molecule has 0 aliphatic carbocycles. The van der Waals surface area contributed by atoms with E-state index in [-0.39, 0.29) is 12.3 Å². The summed E-state index contributed by atoms with van der Waals surface area (Å²) in [6.45, 7) is 3.06. The number of aromatic nitrogens is 1. The van der Waals surface area contributed by atoms with Gasteiger partial charge in [0.25, 0.3) is 0 Å². The fourth-order valence-corrected chi connectivity index (χ4v) is 2.33. The first kappa shape index (κ1) is 14.9. The van der Waals surface area contributed by atoms with Gasteiger partial charge in [0.1, 0.15) is 0 Å². The Kier molecular flexibility index (Phi) is 5.47. The third-order valence-electron chi connectivity index (χ3n) is 3.34. The number of fused-ring (bicyclic) bond motifs is 1. The molecule has 0 spiro atoms. The molecule has 1 aromatic heterocycles. The van der Waals surface area contributed by atoms with Gasteiger partial charge in [0, 0.05) is 25.8 Å². The van der Waals surface area contributed by atoms with Crippen LogP contribution in [0.1, 0.15) is 24.9 Å². The maximum absolute atomic E-state index is 5.42. The Hall–Kier alpha value is -1.49. The Morgan fingerprint density at radius 3 is 2.70 bits per heavy atom. The molecule has 0 fully saturated rings. The fraction of sp³-hybridized carbons (Fsp3) is 0.438. The van der Waals surface area contributed by atoms with Crippen LogP contribution in [0.15, 0.2) is 36.5 Å². The van der Waals surface area contributed by atoms with Crippen LogP contribution in [0, 0.1) is 0 Å². The molecule has 0 aliphatic heterocycles. The smallest absolute Gasteiger partial charge is 0.176 e. The number of nitrogens with zero attached hydrogens (tertiary/aromatic N) is 1. The molecule has 2 aromatic rings. The van der Waals surface area contributed by atoms with Crippen molar-refractivity contribution in [2.75, 3.05) is 20.8 Å². The molecule has 0 aliphatic rings. The van der Waals surface area contributed by atoms with Gasteiger partial charge >= 0.3 is 0 Å². The van der Waals surface area contributed by atoms with E-state index in [1.54, 1.807) is 14.2 Å². The Balaban J connectivity index is 2.33. The number of benzene rings is 1. The molecule has 1 aromatic carbocycles. The van der Waals surface area contributed by atoms with Crippen LogP contribution in [0.2, 0.25) is 0 Å². The van der Waals surface area contributed by atoms with E-state index in [0.717, 1.165) is 29.4 Å². The van der Waals surface area contributed by atoms with Crippen LogP contribution in [0.5, 0.6) is 0 Å². The normalized spacial score (nSPS) is 13.0. The van der Waals surface area contributed by atoms with Crippen molar-refractivity contribution in [2.45, 2.75) is 25.7 Å². The molecular formula is C16H22N2O2. The molecule has 0 saturated carbocycles. The molecule has 108 valence electrons. The first-order chi connectivity index (χ1) is 9.80. The topological polar surface area (TPSA) is 43.4 Å². The summed E-state index contributed by atoms with van der Waals surface area (Å²) in [5.74, 6) is 0. The second-order valence-corrected chi connectivity index (χ2v) is 4.73. The maximum atomic E-state index is 5.42. The van der Waals surface area contributed by atoms with Crippen LogP contribution < -0.4 is 5.32 Å². The Labute approximate surface area is 120 Å². The maximum Gasteiger partial charge on any atom is 0.176 e. The number of nitrogens with one attached hydrogen (secondary N) is 1. The highest BCUT2D eigenvalue weighted by molar-refractivity contribution is 5.79. The van der Waals surface area contributed by atoms with Crippen LogP contribution in [-0.2, 0) is 9.47 Å². The van der Waals surface area contributed by atoms with Crippen molar-refractivity contribution in [2.24, 2.45) is 0 Å². The SMILES string of the molecule is CCCNC(c1ccc2ncccc2c1)C(OC)OC. The molecule has 20 heavy (non-hydrogen) atoms. The molecule has 0 bridgehead atoms.